The van der Waals surface area contributed by atoms with Crippen LogP contribution in [0.4, 0.5) is 4.79 Å². The van der Waals surface area contributed by atoms with Crippen molar-refractivity contribution in [3.63, 3.8) is 0 Å². The fourth-order valence-corrected chi connectivity index (χ4v) is 2.18. The van der Waals surface area contributed by atoms with E-state index in [0.717, 1.165) is 12.0 Å². The molecule has 1 aromatic carbocycles. The van der Waals surface area contributed by atoms with E-state index in [1.54, 1.807) is 12.1 Å². The molecule has 1 fully saturated rings. The van der Waals surface area contributed by atoms with Crippen LogP contribution in [0.25, 0.3) is 0 Å². The first-order chi connectivity index (χ1) is 9.95. The number of phenolic OH excluding ortho intramolecular Hbond substituents is 1. The van der Waals surface area contributed by atoms with Crippen molar-refractivity contribution in [2.75, 3.05) is 6.54 Å². The molecule has 0 spiro atoms. The molecular formula is C15H20N2O4. The Balaban J connectivity index is 1.84. The molecule has 114 valence electrons. The lowest BCUT2D eigenvalue weighted by molar-refractivity contribution is -0.139. The van der Waals surface area contributed by atoms with Crippen molar-refractivity contribution in [2.45, 2.75) is 25.8 Å². The average Bonchev–Trinajstić information content (AvgIpc) is 3.14. The van der Waals surface area contributed by atoms with E-state index >= 15 is 0 Å². The second kappa shape index (κ2) is 6.47. The molecule has 6 nitrogen and oxygen atoms in total. The predicted octanol–water partition coefficient (Wildman–Crippen LogP) is 1.34. The zero-order valence-electron chi connectivity index (χ0n) is 11.9. The number of carboxylic acids is 1. The van der Waals surface area contributed by atoms with Crippen molar-refractivity contribution in [1.29, 1.82) is 0 Å². The van der Waals surface area contributed by atoms with E-state index in [-0.39, 0.29) is 12.2 Å². The second-order valence-electron chi connectivity index (χ2n) is 5.59. The summed E-state index contributed by atoms with van der Waals surface area (Å²) in [5, 5.41) is 23.5. The van der Waals surface area contributed by atoms with Crippen LogP contribution in [0.15, 0.2) is 24.3 Å². The first-order valence-corrected chi connectivity index (χ1v) is 7.00. The lowest BCUT2D eigenvalue weighted by atomic mass is 10.1. The van der Waals surface area contributed by atoms with Gasteiger partial charge in [-0.15, -0.1) is 0 Å². The van der Waals surface area contributed by atoms with Crippen LogP contribution in [-0.2, 0) is 11.2 Å². The third-order valence-corrected chi connectivity index (χ3v) is 3.78. The van der Waals surface area contributed by atoms with Crippen molar-refractivity contribution >= 4 is 12.0 Å². The first kappa shape index (κ1) is 15.2. The Kier molecular flexibility index (Phi) is 4.67. The number of hydrogen-bond donors (Lipinski definition) is 4. The molecule has 1 saturated carbocycles. The van der Waals surface area contributed by atoms with E-state index in [1.165, 1.54) is 12.1 Å². The van der Waals surface area contributed by atoms with Gasteiger partial charge >= 0.3 is 12.0 Å². The molecule has 0 radical (unpaired) electrons. The van der Waals surface area contributed by atoms with Crippen molar-refractivity contribution in [2.24, 2.45) is 11.8 Å². The summed E-state index contributed by atoms with van der Waals surface area (Å²) in [5.41, 5.74) is 0.733. The van der Waals surface area contributed by atoms with Gasteiger partial charge in [-0.1, -0.05) is 19.1 Å². The molecule has 1 aliphatic rings. The third kappa shape index (κ3) is 4.66. The van der Waals surface area contributed by atoms with Crippen LogP contribution in [0.3, 0.4) is 0 Å². The van der Waals surface area contributed by atoms with Gasteiger partial charge in [0.05, 0.1) is 0 Å². The lowest BCUT2D eigenvalue weighted by Gasteiger charge is -2.15. The number of amides is 2. The summed E-state index contributed by atoms with van der Waals surface area (Å²) in [4.78, 5) is 22.9. The van der Waals surface area contributed by atoms with Gasteiger partial charge in [0.15, 0.2) is 0 Å². The quantitative estimate of drug-likeness (QED) is 0.636. The molecule has 2 rings (SSSR count). The Morgan fingerprint density at radius 1 is 1.33 bits per heavy atom. The van der Waals surface area contributed by atoms with Gasteiger partial charge in [-0.3, -0.25) is 0 Å². The Morgan fingerprint density at radius 2 is 1.95 bits per heavy atom. The summed E-state index contributed by atoms with van der Waals surface area (Å²) in [7, 11) is 0. The van der Waals surface area contributed by atoms with E-state index in [1.807, 2.05) is 0 Å². The van der Waals surface area contributed by atoms with Crippen molar-refractivity contribution in [3.8, 4) is 5.75 Å². The summed E-state index contributed by atoms with van der Waals surface area (Å²) < 4.78 is 0. The molecule has 1 aromatic rings. The highest BCUT2D eigenvalue weighted by molar-refractivity contribution is 5.82. The van der Waals surface area contributed by atoms with Crippen LogP contribution in [-0.4, -0.2) is 34.8 Å². The Hall–Kier alpha value is -2.24. The minimum atomic E-state index is -1.09. The van der Waals surface area contributed by atoms with Gasteiger partial charge in [0, 0.05) is 13.0 Å². The highest BCUT2D eigenvalue weighted by atomic mass is 16.4. The van der Waals surface area contributed by atoms with Crippen LogP contribution >= 0.6 is 0 Å². The van der Waals surface area contributed by atoms with E-state index < -0.39 is 18.0 Å². The van der Waals surface area contributed by atoms with Crippen LogP contribution in [0.1, 0.15) is 18.9 Å². The number of aromatic hydroxyl groups is 1. The average molecular weight is 292 g/mol. The van der Waals surface area contributed by atoms with Gasteiger partial charge in [0.25, 0.3) is 0 Å². The number of aliphatic carboxylic acids is 1. The number of hydrogen-bond acceptors (Lipinski definition) is 3. The maximum Gasteiger partial charge on any atom is 0.326 e. The maximum absolute atomic E-state index is 11.7. The van der Waals surface area contributed by atoms with E-state index in [4.69, 9.17) is 0 Å². The Labute approximate surface area is 123 Å². The lowest BCUT2D eigenvalue weighted by Crippen LogP contribution is -2.47. The van der Waals surface area contributed by atoms with Crippen molar-refractivity contribution in [1.82, 2.24) is 10.6 Å². The number of carbonyl (C=O) groups excluding carboxylic acids is 1. The minimum Gasteiger partial charge on any atom is -0.508 e. The van der Waals surface area contributed by atoms with E-state index in [2.05, 4.69) is 17.6 Å². The number of carbonyl (C=O) groups is 2. The SMILES string of the molecule is CC1CC1CNC(=O)N[C@H](Cc1ccc(O)cc1)C(=O)O. The minimum absolute atomic E-state index is 0.120. The Morgan fingerprint density at radius 3 is 2.48 bits per heavy atom. The number of rotatable bonds is 6. The van der Waals surface area contributed by atoms with Gasteiger partial charge in [-0.05, 0) is 36.0 Å². The molecule has 0 aromatic heterocycles. The number of nitrogens with one attached hydrogen (secondary N) is 2. The summed E-state index contributed by atoms with van der Waals surface area (Å²) in [6.45, 7) is 2.70. The van der Waals surface area contributed by atoms with E-state index in [9.17, 15) is 19.8 Å². The maximum atomic E-state index is 11.7. The van der Waals surface area contributed by atoms with Crippen LogP contribution in [0.2, 0.25) is 0 Å². The fraction of sp³-hybridized carbons (Fsp3) is 0.467. The number of urea groups is 1. The molecular weight excluding hydrogens is 272 g/mol. The molecule has 6 heteroatoms. The normalized spacial score (nSPS) is 21.4. The number of phenols is 1. The highest BCUT2D eigenvalue weighted by Crippen LogP contribution is 2.36. The van der Waals surface area contributed by atoms with Gasteiger partial charge in [0.2, 0.25) is 0 Å². The molecule has 21 heavy (non-hydrogen) atoms. The zero-order valence-corrected chi connectivity index (χ0v) is 11.9. The van der Waals surface area contributed by atoms with E-state index in [0.29, 0.717) is 18.4 Å². The molecule has 2 unspecified atom stereocenters. The summed E-state index contributed by atoms with van der Waals surface area (Å²) in [5.74, 6) is 0.182. The molecule has 0 saturated heterocycles. The number of benzene rings is 1. The van der Waals surface area contributed by atoms with Gasteiger partial charge in [-0.2, -0.15) is 0 Å². The smallest absolute Gasteiger partial charge is 0.326 e. The zero-order chi connectivity index (χ0) is 15.4. The molecule has 0 bridgehead atoms. The van der Waals surface area contributed by atoms with Crippen LogP contribution in [0.5, 0.6) is 5.75 Å². The van der Waals surface area contributed by atoms with Crippen molar-refractivity contribution < 1.29 is 19.8 Å². The fourth-order valence-electron chi connectivity index (χ4n) is 2.18. The third-order valence-electron chi connectivity index (χ3n) is 3.78. The van der Waals surface area contributed by atoms with Crippen LogP contribution < -0.4 is 10.6 Å². The topological polar surface area (TPSA) is 98.7 Å². The molecule has 2 amide bonds. The van der Waals surface area contributed by atoms with Crippen molar-refractivity contribution in [3.05, 3.63) is 29.8 Å². The molecule has 4 N–H and O–H groups in total. The molecule has 1 aliphatic carbocycles. The molecule has 0 aliphatic heterocycles. The standard InChI is InChI=1S/C15H20N2O4/c1-9-6-11(9)8-16-15(21)17-13(14(19)20)7-10-2-4-12(18)5-3-10/h2-5,9,11,13,18H,6-8H2,1H3,(H,19,20)(H2,16,17,21)/t9?,11?,13-/m1/s1. The monoisotopic (exact) mass is 292 g/mol. The number of carboxylic acid groups (broad SMARTS) is 1. The molecule has 0 heterocycles. The van der Waals surface area contributed by atoms with Gasteiger partial charge in [0.1, 0.15) is 11.8 Å². The summed E-state index contributed by atoms with van der Waals surface area (Å²) in [6.07, 6.45) is 1.28. The Bertz CT molecular complexity index is 515. The highest BCUT2D eigenvalue weighted by Gasteiger charge is 2.32. The second-order valence-corrected chi connectivity index (χ2v) is 5.59. The first-order valence-electron chi connectivity index (χ1n) is 7.00. The largest absolute Gasteiger partial charge is 0.508 e. The summed E-state index contributed by atoms with van der Waals surface area (Å²) >= 11 is 0. The van der Waals surface area contributed by atoms with Gasteiger partial charge in [-0.25, -0.2) is 9.59 Å². The predicted molar refractivity (Wildman–Crippen MR) is 77.0 cm³/mol. The molecule has 3 atom stereocenters. The summed E-state index contributed by atoms with van der Waals surface area (Å²) in [6, 6.07) is 4.80. The van der Waals surface area contributed by atoms with Gasteiger partial charge < -0.3 is 20.8 Å². The van der Waals surface area contributed by atoms with Crippen LogP contribution in [0, 0.1) is 11.8 Å².